The number of ether oxygens (including phenoxy) is 1. The van der Waals surface area contributed by atoms with Gasteiger partial charge in [0.15, 0.2) is 6.10 Å². The van der Waals surface area contributed by atoms with Crippen LogP contribution in [0, 0.1) is 0 Å². The van der Waals surface area contributed by atoms with Gasteiger partial charge in [0.05, 0.1) is 23.9 Å². The minimum absolute atomic E-state index is 0.00370. The van der Waals surface area contributed by atoms with Crippen molar-refractivity contribution in [3.05, 3.63) is 16.9 Å². The highest BCUT2D eigenvalue weighted by Gasteiger charge is 2.34. The third-order valence-electron chi connectivity index (χ3n) is 3.12. The molecule has 1 saturated heterocycles. The maximum Gasteiger partial charge on any atom is 0.334 e. The van der Waals surface area contributed by atoms with Crippen LogP contribution in [0.15, 0.2) is 6.20 Å². The van der Waals surface area contributed by atoms with Crippen molar-refractivity contribution in [2.75, 3.05) is 13.1 Å². The number of hydrogen-bond acceptors (Lipinski definition) is 4. The summed E-state index contributed by atoms with van der Waals surface area (Å²) >= 11 is 5.99. The van der Waals surface area contributed by atoms with Crippen LogP contribution < -0.4 is 0 Å². The first-order valence-electron chi connectivity index (χ1n) is 6.32. The molecule has 0 radical (unpaired) electrons. The Labute approximate surface area is 121 Å². The zero-order valence-corrected chi connectivity index (χ0v) is 12.0. The second-order valence-corrected chi connectivity index (χ2v) is 5.05. The molecule has 0 bridgehead atoms. The number of carbonyl (C=O) groups excluding carboxylic acids is 1. The fourth-order valence-electron chi connectivity index (χ4n) is 2.22. The molecular formula is C12H16ClN3O4. The molecule has 2 atom stereocenters. The Hall–Kier alpha value is -1.60. The van der Waals surface area contributed by atoms with Crippen LogP contribution in [0.2, 0.25) is 5.02 Å². The number of nitrogens with zero attached hydrogens (tertiary/aromatic N) is 3. The van der Waals surface area contributed by atoms with Gasteiger partial charge < -0.3 is 14.7 Å². The van der Waals surface area contributed by atoms with Crippen LogP contribution in [0.25, 0.3) is 0 Å². The summed E-state index contributed by atoms with van der Waals surface area (Å²) in [5, 5.41) is 13.3. The molecule has 0 aromatic carbocycles. The number of aliphatic carboxylic acids is 1. The number of amides is 1. The molecule has 0 saturated carbocycles. The van der Waals surface area contributed by atoms with E-state index in [1.807, 2.05) is 6.92 Å². The van der Waals surface area contributed by atoms with Crippen molar-refractivity contribution in [1.82, 2.24) is 14.7 Å². The van der Waals surface area contributed by atoms with Gasteiger partial charge in [0, 0.05) is 13.1 Å². The Bertz CT molecular complexity index is 531. The lowest BCUT2D eigenvalue weighted by Crippen LogP contribution is -2.52. The van der Waals surface area contributed by atoms with Crippen LogP contribution in [0.5, 0.6) is 0 Å². The van der Waals surface area contributed by atoms with Crippen molar-refractivity contribution in [1.29, 1.82) is 0 Å². The third-order valence-corrected chi connectivity index (χ3v) is 3.40. The molecule has 1 amide bonds. The summed E-state index contributed by atoms with van der Waals surface area (Å²) in [6.07, 6.45) is 0.0571. The van der Waals surface area contributed by atoms with E-state index in [4.69, 9.17) is 21.4 Å². The van der Waals surface area contributed by atoms with Crippen molar-refractivity contribution < 1.29 is 19.4 Å². The number of carboxylic acid groups (broad SMARTS) is 1. The summed E-state index contributed by atoms with van der Waals surface area (Å²) in [5.74, 6) is -1.40. The molecule has 2 rings (SSSR count). The molecule has 0 unspecified atom stereocenters. The van der Waals surface area contributed by atoms with Crippen LogP contribution >= 0.6 is 11.6 Å². The van der Waals surface area contributed by atoms with Gasteiger partial charge in [-0.2, -0.15) is 5.10 Å². The second-order valence-electron chi connectivity index (χ2n) is 4.64. The maximum atomic E-state index is 12.5. The molecule has 1 aliphatic rings. The number of aryl methyl sites for hydroxylation is 1. The fourth-order valence-corrected chi connectivity index (χ4v) is 2.44. The number of aromatic nitrogens is 2. The van der Waals surface area contributed by atoms with E-state index in [0.29, 0.717) is 13.1 Å². The van der Waals surface area contributed by atoms with E-state index >= 15 is 0 Å². The fraction of sp³-hybridized carbons (Fsp3) is 0.583. The molecule has 0 spiro atoms. The number of rotatable bonds is 3. The normalized spacial score (nSPS) is 22.9. The first kappa shape index (κ1) is 14.8. The summed E-state index contributed by atoms with van der Waals surface area (Å²) in [6.45, 7) is 4.42. The number of morpholine rings is 1. The smallest absolute Gasteiger partial charge is 0.334 e. The van der Waals surface area contributed by atoms with Gasteiger partial charge in [-0.25, -0.2) is 4.79 Å². The lowest BCUT2D eigenvalue weighted by Gasteiger charge is -2.34. The molecule has 1 fully saturated rings. The summed E-state index contributed by atoms with van der Waals surface area (Å²) in [4.78, 5) is 25.0. The van der Waals surface area contributed by atoms with Gasteiger partial charge in [-0.05, 0) is 13.8 Å². The molecule has 1 N–H and O–H groups in total. The van der Waals surface area contributed by atoms with E-state index in [9.17, 15) is 9.59 Å². The Morgan fingerprint density at radius 2 is 2.25 bits per heavy atom. The van der Waals surface area contributed by atoms with Gasteiger partial charge in [-0.1, -0.05) is 11.6 Å². The summed E-state index contributed by atoms with van der Waals surface area (Å²) in [6, 6.07) is 0. The van der Waals surface area contributed by atoms with Crippen LogP contribution in [0.4, 0.5) is 0 Å². The van der Waals surface area contributed by atoms with E-state index in [1.54, 1.807) is 6.92 Å². The average molecular weight is 302 g/mol. The lowest BCUT2D eigenvalue weighted by atomic mass is 10.2. The number of halogens is 1. The predicted molar refractivity (Wildman–Crippen MR) is 70.8 cm³/mol. The molecule has 2 heterocycles. The largest absolute Gasteiger partial charge is 0.479 e. The van der Waals surface area contributed by atoms with Gasteiger partial charge in [-0.15, -0.1) is 0 Å². The van der Waals surface area contributed by atoms with Gasteiger partial charge >= 0.3 is 5.97 Å². The molecular weight excluding hydrogens is 286 g/mol. The van der Waals surface area contributed by atoms with Crippen LogP contribution in [0.3, 0.4) is 0 Å². The first-order chi connectivity index (χ1) is 9.43. The van der Waals surface area contributed by atoms with E-state index in [-0.39, 0.29) is 29.3 Å². The molecule has 7 nitrogen and oxygen atoms in total. The van der Waals surface area contributed by atoms with E-state index in [0.717, 1.165) is 0 Å². The van der Waals surface area contributed by atoms with Crippen LogP contribution in [-0.2, 0) is 16.1 Å². The van der Waals surface area contributed by atoms with E-state index in [1.165, 1.54) is 15.8 Å². The molecule has 1 aromatic heterocycles. The van der Waals surface area contributed by atoms with Crippen molar-refractivity contribution >= 4 is 23.5 Å². The highest BCUT2D eigenvalue weighted by Crippen LogP contribution is 2.20. The third kappa shape index (κ3) is 2.78. The standard InChI is InChI=1S/C12H16ClN3O4/c1-3-16-10(8(13)4-14-16)11(17)15-5-7(2)20-9(6-15)12(18)19/h4,7,9H,3,5-6H2,1-2H3,(H,18,19)/t7-,9-/m1/s1. The molecule has 110 valence electrons. The maximum absolute atomic E-state index is 12.5. The molecule has 1 aliphatic heterocycles. The van der Waals surface area contributed by atoms with Crippen LogP contribution in [-0.4, -0.2) is 57.0 Å². The SMILES string of the molecule is CCn1ncc(Cl)c1C(=O)N1C[C@@H](C)O[C@@H](C(=O)O)C1. The van der Waals surface area contributed by atoms with Crippen molar-refractivity contribution in [3.8, 4) is 0 Å². The number of hydrogen-bond donors (Lipinski definition) is 1. The summed E-state index contributed by atoms with van der Waals surface area (Å²) in [5.41, 5.74) is 0.285. The topological polar surface area (TPSA) is 84.7 Å². The van der Waals surface area contributed by atoms with Gasteiger partial charge in [0.1, 0.15) is 5.69 Å². The van der Waals surface area contributed by atoms with E-state index < -0.39 is 12.1 Å². The van der Waals surface area contributed by atoms with Gasteiger partial charge in [0.25, 0.3) is 5.91 Å². The Morgan fingerprint density at radius 1 is 1.55 bits per heavy atom. The number of carbonyl (C=O) groups is 2. The zero-order chi connectivity index (χ0) is 14.9. The van der Waals surface area contributed by atoms with E-state index in [2.05, 4.69) is 5.10 Å². The Balaban J connectivity index is 2.23. The Kier molecular flexibility index (Phi) is 4.29. The molecule has 1 aromatic rings. The Morgan fingerprint density at radius 3 is 2.85 bits per heavy atom. The highest BCUT2D eigenvalue weighted by atomic mass is 35.5. The number of carboxylic acids is 1. The molecule has 20 heavy (non-hydrogen) atoms. The monoisotopic (exact) mass is 301 g/mol. The lowest BCUT2D eigenvalue weighted by molar-refractivity contribution is -0.160. The predicted octanol–water partition coefficient (Wildman–Crippen LogP) is 0.871. The van der Waals surface area contributed by atoms with Crippen molar-refractivity contribution in [2.24, 2.45) is 0 Å². The second kappa shape index (κ2) is 5.80. The van der Waals surface area contributed by atoms with Gasteiger partial charge in [-0.3, -0.25) is 9.48 Å². The van der Waals surface area contributed by atoms with Crippen molar-refractivity contribution in [3.63, 3.8) is 0 Å². The molecule has 8 heteroatoms. The summed E-state index contributed by atoms with van der Waals surface area (Å²) in [7, 11) is 0. The summed E-state index contributed by atoms with van der Waals surface area (Å²) < 4.78 is 6.78. The first-order valence-corrected chi connectivity index (χ1v) is 6.70. The minimum Gasteiger partial charge on any atom is -0.479 e. The quantitative estimate of drug-likeness (QED) is 0.895. The van der Waals surface area contributed by atoms with Gasteiger partial charge in [0.2, 0.25) is 0 Å². The van der Waals surface area contributed by atoms with Crippen molar-refractivity contribution in [2.45, 2.75) is 32.6 Å². The minimum atomic E-state index is -1.08. The highest BCUT2D eigenvalue weighted by molar-refractivity contribution is 6.33. The van der Waals surface area contributed by atoms with Crippen LogP contribution in [0.1, 0.15) is 24.3 Å². The molecule has 0 aliphatic carbocycles. The zero-order valence-electron chi connectivity index (χ0n) is 11.2. The average Bonchev–Trinajstić information content (AvgIpc) is 2.78.